The van der Waals surface area contributed by atoms with Crippen molar-refractivity contribution in [2.75, 3.05) is 0 Å². The van der Waals surface area contributed by atoms with E-state index >= 15 is 0 Å². The van der Waals surface area contributed by atoms with Gasteiger partial charge in [0.15, 0.2) is 0 Å². The fourth-order valence-electron chi connectivity index (χ4n) is 1.37. The molecule has 0 heterocycles. The molecule has 72 valence electrons. The van der Waals surface area contributed by atoms with Gasteiger partial charge in [0.05, 0.1) is 12.0 Å². The SMILES string of the molecule is N#CC1CC[C@H](N)C=C1C(F)(F)F. The van der Waals surface area contributed by atoms with Gasteiger partial charge in [-0.25, -0.2) is 0 Å². The monoisotopic (exact) mass is 190 g/mol. The molecule has 1 aliphatic rings. The molecule has 13 heavy (non-hydrogen) atoms. The van der Waals surface area contributed by atoms with E-state index in [0.29, 0.717) is 6.42 Å². The molecular formula is C8H9F3N2. The second-order valence-electron chi connectivity index (χ2n) is 3.04. The predicted octanol–water partition coefficient (Wildman–Crippen LogP) is 1.74. The Bertz CT molecular complexity index is 262. The number of alkyl halides is 3. The highest BCUT2D eigenvalue weighted by Crippen LogP contribution is 2.36. The van der Waals surface area contributed by atoms with Crippen molar-refractivity contribution in [3.8, 4) is 6.07 Å². The van der Waals surface area contributed by atoms with E-state index in [9.17, 15) is 13.2 Å². The lowest BCUT2D eigenvalue weighted by Gasteiger charge is -2.23. The van der Waals surface area contributed by atoms with Gasteiger partial charge < -0.3 is 5.73 Å². The van der Waals surface area contributed by atoms with Gasteiger partial charge in [-0.2, -0.15) is 18.4 Å². The zero-order valence-electron chi connectivity index (χ0n) is 6.80. The summed E-state index contributed by atoms with van der Waals surface area (Å²) in [6.45, 7) is 0. The average molecular weight is 190 g/mol. The fourth-order valence-corrected chi connectivity index (χ4v) is 1.37. The summed E-state index contributed by atoms with van der Waals surface area (Å²) in [7, 11) is 0. The van der Waals surface area contributed by atoms with Crippen LogP contribution in [0.1, 0.15) is 12.8 Å². The molecule has 0 amide bonds. The Morgan fingerprint density at radius 2 is 2.08 bits per heavy atom. The van der Waals surface area contributed by atoms with Gasteiger partial charge in [-0.15, -0.1) is 0 Å². The van der Waals surface area contributed by atoms with E-state index in [-0.39, 0.29) is 6.42 Å². The van der Waals surface area contributed by atoms with Crippen LogP contribution >= 0.6 is 0 Å². The third-order valence-corrected chi connectivity index (χ3v) is 2.04. The van der Waals surface area contributed by atoms with Gasteiger partial charge in [0.2, 0.25) is 0 Å². The topological polar surface area (TPSA) is 49.8 Å². The van der Waals surface area contributed by atoms with Crippen molar-refractivity contribution < 1.29 is 13.2 Å². The first-order chi connectivity index (χ1) is 5.95. The number of nitrogens with two attached hydrogens (primary N) is 1. The van der Waals surface area contributed by atoms with Crippen molar-refractivity contribution in [1.29, 1.82) is 5.26 Å². The molecule has 2 nitrogen and oxygen atoms in total. The molecule has 2 N–H and O–H groups in total. The normalized spacial score (nSPS) is 29.3. The lowest BCUT2D eigenvalue weighted by Crippen LogP contribution is -2.30. The first-order valence-electron chi connectivity index (χ1n) is 3.89. The van der Waals surface area contributed by atoms with Crippen LogP contribution in [-0.4, -0.2) is 12.2 Å². The van der Waals surface area contributed by atoms with Crippen molar-refractivity contribution in [3.05, 3.63) is 11.6 Å². The molecule has 1 rings (SSSR count). The Morgan fingerprint density at radius 3 is 2.54 bits per heavy atom. The highest BCUT2D eigenvalue weighted by molar-refractivity contribution is 5.24. The lowest BCUT2D eigenvalue weighted by molar-refractivity contribution is -0.0984. The number of nitrogens with zero attached hydrogens (tertiary/aromatic N) is 1. The first kappa shape index (κ1) is 10.1. The molecule has 0 radical (unpaired) electrons. The van der Waals surface area contributed by atoms with Gasteiger partial charge in [-0.05, 0) is 12.8 Å². The molecule has 0 saturated heterocycles. The van der Waals surface area contributed by atoms with Crippen LogP contribution in [0.4, 0.5) is 13.2 Å². The average Bonchev–Trinajstić information content (AvgIpc) is 2.03. The minimum atomic E-state index is -4.42. The van der Waals surface area contributed by atoms with Gasteiger partial charge in [0.1, 0.15) is 0 Å². The van der Waals surface area contributed by atoms with E-state index in [1.165, 1.54) is 0 Å². The molecule has 0 fully saturated rings. The summed E-state index contributed by atoms with van der Waals surface area (Å²) < 4.78 is 36.8. The zero-order chi connectivity index (χ0) is 10.1. The van der Waals surface area contributed by atoms with E-state index < -0.39 is 23.7 Å². The summed E-state index contributed by atoms with van der Waals surface area (Å²) in [5.74, 6) is -1.04. The third kappa shape index (κ3) is 2.22. The number of nitriles is 1. The van der Waals surface area contributed by atoms with Crippen LogP contribution in [0.25, 0.3) is 0 Å². The molecule has 1 unspecified atom stereocenters. The summed E-state index contributed by atoms with van der Waals surface area (Å²) in [6.07, 6.45) is -2.82. The second kappa shape index (κ2) is 3.38. The van der Waals surface area contributed by atoms with E-state index in [4.69, 9.17) is 11.0 Å². The van der Waals surface area contributed by atoms with Crippen molar-refractivity contribution in [2.45, 2.75) is 25.1 Å². The Kier molecular flexibility index (Phi) is 2.62. The molecule has 2 atom stereocenters. The largest absolute Gasteiger partial charge is 0.413 e. The Balaban J connectivity index is 2.95. The maximum absolute atomic E-state index is 12.3. The molecule has 0 aromatic carbocycles. The van der Waals surface area contributed by atoms with E-state index in [1.807, 2.05) is 0 Å². The van der Waals surface area contributed by atoms with E-state index in [0.717, 1.165) is 6.08 Å². The number of hydrogen-bond acceptors (Lipinski definition) is 2. The maximum atomic E-state index is 12.3. The molecular weight excluding hydrogens is 181 g/mol. The number of halogens is 3. The highest BCUT2D eigenvalue weighted by atomic mass is 19.4. The third-order valence-electron chi connectivity index (χ3n) is 2.04. The molecule has 0 aliphatic heterocycles. The Hall–Kier alpha value is -1.02. The Morgan fingerprint density at radius 1 is 1.46 bits per heavy atom. The molecule has 0 aromatic heterocycles. The van der Waals surface area contributed by atoms with E-state index in [1.54, 1.807) is 6.07 Å². The quantitative estimate of drug-likeness (QED) is 0.591. The van der Waals surface area contributed by atoms with Crippen molar-refractivity contribution in [2.24, 2.45) is 11.7 Å². The van der Waals surface area contributed by atoms with Gasteiger partial charge >= 0.3 is 6.18 Å². The highest BCUT2D eigenvalue weighted by Gasteiger charge is 2.40. The fraction of sp³-hybridized carbons (Fsp3) is 0.625. The predicted molar refractivity (Wildman–Crippen MR) is 40.5 cm³/mol. The molecule has 1 aliphatic carbocycles. The summed E-state index contributed by atoms with van der Waals surface area (Å²) in [4.78, 5) is 0. The van der Waals surface area contributed by atoms with Crippen molar-refractivity contribution >= 4 is 0 Å². The first-order valence-corrected chi connectivity index (χ1v) is 3.89. The number of rotatable bonds is 0. The standard InChI is InChI=1S/C8H9F3N2/c9-8(10,11)7-3-6(13)2-1-5(7)4-12/h3,5-6H,1-2,13H2/t5?,6-/m0/s1. The minimum Gasteiger partial charge on any atom is -0.324 e. The molecule has 0 bridgehead atoms. The Labute approximate surface area is 73.8 Å². The summed E-state index contributed by atoms with van der Waals surface area (Å²) >= 11 is 0. The molecule has 0 spiro atoms. The van der Waals surface area contributed by atoms with Crippen LogP contribution in [0.2, 0.25) is 0 Å². The van der Waals surface area contributed by atoms with Crippen LogP contribution in [0.3, 0.4) is 0 Å². The molecule has 0 aromatic rings. The van der Waals surface area contributed by atoms with Crippen LogP contribution in [0, 0.1) is 17.2 Å². The summed E-state index contributed by atoms with van der Waals surface area (Å²) in [5, 5.41) is 8.48. The maximum Gasteiger partial charge on any atom is 0.413 e. The van der Waals surface area contributed by atoms with Crippen LogP contribution in [0.5, 0.6) is 0 Å². The smallest absolute Gasteiger partial charge is 0.324 e. The van der Waals surface area contributed by atoms with Crippen molar-refractivity contribution in [1.82, 2.24) is 0 Å². The second-order valence-corrected chi connectivity index (χ2v) is 3.04. The lowest BCUT2D eigenvalue weighted by atomic mass is 9.86. The van der Waals surface area contributed by atoms with Gasteiger partial charge in [0.25, 0.3) is 0 Å². The van der Waals surface area contributed by atoms with Gasteiger partial charge in [-0.1, -0.05) is 6.08 Å². The van der Waals surface area contributed by atoms with Crippen LogP contribution in [-0.2, 0) is 0 Å². The number of allylic oxidation sites excluding steroid dienone is 1. The summed E-state index contributed by atoms with van der Waals surface area (Å²) in [6, 6.07) is 1.07. The van der Waals surface area contributed by atoms with Crippen LogP contribution < -0.4 is 5.73 Å². The minimum absolute atomic E-state index is 0.197. The molecule has 0 saturated carbocycles. The van der Waals surface area contributed by atoms with E-state index in [2.05, 4.69) is 0 Å². The summed E-state index contributed by atoms with van der Waals surface area (Å²) in [5.41, 5.74) is 4.57. The van der Waals surface area contributed by atoms with Crippen LogP contribution in [0.15, 0.2) is 11.6 Å². The van der Waals surface area contributed by atoms with Gasteiger partial charge in [-0.3, -0.25) is 0 Å². The zero-order valence-corrected chi connectivity index (χ0v) is 6.80. The molecule has 5 heteroatoms. The number of hydrogen-bond donors (Lipinski definition) is 1. The van der Waals surface area contributed by atoms with Crippen molar-refractivity contribution in [3.63, 3.8) is 0 Å². The van der Waals surface area contributed by atoms with Gasteiger partial charge in [0, 0.05) is 11.6 Å².